The molecule has 0 radical (unpaired) electrons. The Balaban J connectivity index is 2.22. The fraction of sp³-hybridized carbons (Fsp3) is 0.500. The molecule has 0 saturated carbocycles. The fourth-order valence-electron chi connectivity index (χ4n) is 1.64. The molecule has 1 aromatic rings. The van der Waals surface area contributed by atoms with Crippen molar-refractivity contribution in [1.29, 1.82) is 0 Å². The van der Waals surface area contributed by atoms with Gasteiger partial charge in [0, 0.05) is 26.8 Å². The third kappa shape index (κ3) is 5.80. The van der Waals surface area contributed by atoms with Gasteiger partial charge >= 0.3 is 0 Å². The summed E-state index contributed by atoms with van der Waals surface area (Å²) in [4.78, 5) is 11.6. The van der Waals surface area contributed by atoms with Gasteiger partial charge in [-0.15, -0.1) is 0 Å². The van der Waals surface area contributed by atoms with E-state index >= 15 is 0 Å². The molecule has 0 aliphatic carbocycles. The fourth-order valence-corrected chi connectivity index (χ4v) is 1.64. The van der Waals surface area contributed by atoms with Gasteiger partial charge in [0.1, 0.15) is 0 Å². The summed E-state index contributed by atoms with van der Waals surface area (Å²) in [6, 6.07) is 7.82. The van der Waals surface area contributed by atoms with Crippen LogP contribution >= 0.6 is 0 Å². The van der Waals surface area contributed by atoms with Gasteiger partial charge in [0.05, 0.1) is 6.42 Å². The van der Waals surface area contributed by atoms with Crippen molar-refractivity contribution in [2.24, 2.45) is 5.73 Å². The van der Waals surface area contributed by atoms with Crippen LogP contribution in [-0.2, 0) is 22.5 Å². The van der Waals surface area contributed by atoms with E-state index in [0.717, 1.165) is 30.6 Å². The molecule has 0 fully saturated rings. The van der Waals surface area contributed by atoms with Crippen molar-refractivity contribution in [3.63, 3.8) is 0 Å². The van der Waals surface area contributed by atoms with E-state index in [9.17, 15) is 4.79 Å². The molecule has 0 saturated heterocycles. The number of carbonyl (C=O) groups excluding carboxylic acids is 1. The largest absolute Gasteiger partial charge is 0.385 e. The Morgan fingerprint density at radius 3 is 2.50 bits per heavy atom. The number of benzene rings is 1. The SMILES string of the molecule is COCCCCNC(=O)Cc1ccc(CN)cc1. The van der Waals surface area contributed by atoms with Gasteiger partial charge in [-0.1, -0.05) is 24.3 Å². The van der Waals surface area contributed by atoms with Crippen LogP contribution in [0.1, 0.15) is 24.0 Å². The lowest BCUT2D eigenvalue weighted by molar-refractivity contribution is -0.120. The third-order valence-electron chi connectivity index (χ3n) is 2.72. The molecule has 0 unspecified atom stereocenters. The first kappa shape index (κ1) is 14.7. The quantitative estimate of drug-likeness (QED) is 0.682. The second-order valence-electron chi connectivity index (χ2n) is 4.25. The summed E-state index contributed by atoms with van der Waals surface area (Å²) in [5.74, 6) is 0.0629. The molecule has 0 aromatic heterocycles. The lowest BCUT2D eigenvalue weighted by Crippen LogP contribution is -2.26. The summed E-state index contributed by atoms with van der Waals surface area (Å²) < 4.78 is 4.94. The number of rotatable bonds is 8. The zero-order valence-electron chi connectivity index (χ0n) is 10.9. The topological polar surface area (TPSA) is 64.3 Å². The van der Waals surface area contributed by atoms with Crippen LogP contribution in [0, 0.1) is 0 Å². The molecule has 100 valence electrons. The van der Waals surface area contributed by atoms with Crippen LogP contribution in [0.3, 0.4) is 0 Å². The van der Waals surface area contributed by atoms with E-state index in [1.165, 1.54) is 0 Å². The van der Waals surface area contributed by atoms with Crippen molar-refractivity contribution in [1.82, 2.24) is 5.32 Å². The van der Waals surface area contributed by atoms with Crippen molar-refractivity contribution in [2.45, 2.75) is 25.8 Å². The Bertz CT molecular complexity index is 349. The lowest BCUT2D eigenvalue weighted by atomic mass is 10.1. The Morgan fingerprint density at radius 2 is 1.89 bits per heavy atom. The van der Waals surface area contributed by atoms with Crippen LogP contribution in [0.25, 0.3) is 0 Å². The number of methoxy groups -OCH3 is 1. The molecule has 3 N–H and O–H groups in total. The van der Waals surface area contributed by atoms with Gasteiger partial charge in [-0.2, -0.15) is 0 Å². The Labute approximate surface area is 109 Å². The van der Waals surface area contributed by atoms with Crippen LogP contribution in [0.4, 0.5) is 0 Å². The highest BCUT2D eigenvalue weighted by Crippen LogP contribution is 2.04. The second kappa shape index (κ2) is 8.66. The molecule has 4 nitrogen and oxygen atoms in total. The average molecular weight is 250 g/mol. The molecule has 0 aliphatic heterocycles. The lowest BCUT2D eigenvalue weighted by Gasteiger charge is -2.05. The predicted molar refractivity (Wildman–Crippen MR) is 72.2 cm³/mol. The molecular formula is C14H22N2O2. The molecular weight excluding hydrogens is 228 g/mol. The first-order chi connectivity index (χ1) is 8.76. The molecule has 1 amide bonds. The zero-order chi connectivity index (χ0) is 13.2. The maximum Gasteiger partial charge on any atom is 0.224 e. The van der Waals surface area contributed by atoms with E-state index in [0.29, 0.717) is 19.5 Å². The Morgan fingerprint density at radius 1 is 1.22 bits per heavy atom. The number of hydrogen-bond donors (Lipinski definition) is 2. The minimum atomic E-state index is 0.0629. The van der Waals surface area contributed by atoms with Crippen molar-refractivity contribution in [2.75, 3.05) is 20.3 Å². The van der Waals surface area contributed by atoms with Gasteiger partial charge in [-0.05, 0) is 24.0 Å². The van der Waals surface area contributed by atoms with E-state index in [-0.39, 0.29) is 5.91 Å². The number of amides is 1. The van der Waals surface area contributed by atoms with Crippen molar-refractivity contribution in [3.8, 4) is 0 Å². The normalized spacial score (nSPS) is 10.3. The monoisotopic (exact) mass is 250 g/mol. The van der Waals surface area contributed by atoms with Gasteiger partial charge in [-0.3, -0.25) is 4.79 Å². The Kier molecular flexibility index (Phi) is 7.06. The highest BCUT2D eigenvalue weighted by molar-refractivity contribution is 5.78. The number of carbonyl (C=O) groups is 1. The molecule has 0 bridgehead atoms. The molecule has 1 rings (SSSR count). The summed E-state index contributed by atoms with van der Waals surface area (Å²) in [6.45, 7) is 1.99. The predicted octanol–water partition coefficient (Wildman–Crippen LogP) is 1.23. The summed E-state index contributed by atoms with van der Waals surface area (Å²) >= 11 is 0. The van der Waals surface area contributed by atoms with Gasteiger partial charge in [0.25, 0.3) is 0 Å². The van der Waals surface area contributed by atoms with Crippen molar-refractivity contribution >= 4 is 5.91 Å². The van der Waals surface area contributed by atoms with Gasteiger partial charge in [-0.25, -0.2) is 0 Å². The van der Waals surface area contributed by atoms with Gasteiger partial charge in [0.2, 0.25) is 5.91 Å². The standard InChI is InChI=1S/C14H22N2O2/c1-18-9-3-2-8-16-14(17)10-12-4-6-13(11-15)7-5-12/h4-7H,2-3,8-11,15H2,1H3,(H,16,17). The molecule has 0 heterocycles. The average Bonchev–Trinajstić information content (AvgIpc) is 2.39. The molecule has 0 aliphatic rings. The zero-order valence-corrected chi connectivity index (χ0v) is 10.9. The first-order valence-corrected chi connectivity index (χ1v) is 6.29. The third-order valence-corrected chi connectivity index (χ3v) is 2.72. The molecule has 0 atom stereocenters. The van der Waals surface area contributed by atoms with Crippen LogP contribution in [0.2, 0.25) is 0 Å². The number of ether oxygens (including phenoxy) is 1. The Hall–Kier alpha value is -1.39. The smallest absolute Gasteiger partial charge is 0.224 e. The maximum atomic E-state index is 11.6. The van der Waals surface area contributed by atoms with Crippen LogP contribution < -0.4 is 11.1 Å². The van der Waals surface area contributed by atoms with Crippen molar-refractivity contribution < 1.29 is 9.53 Å². The molecule has 1 aromatic carbocycles. The summed E-state index contributed by atoms with van der Waals surface area (Å²) in [7, 11) is 1.68. The van der Waals surface area contributed by atoms with E-state index in [4.69, 9.17) is 10.5 Å². The number of unbranched alkanes of at least 4 members (excludes halogenated alkanes) is 1. The van der Waals surface area contributed by atoms with E-state index in [2.05, 4.69) is 5.32 Å². The van der Waals surface area contributed by atoms with E-state index in [1.807, 2.05) is 24.3 Å². The molecule has 4 heteroatoms. The highest BCUT2D eigenvalue weighted by atomic mass is 16.5. The second-order valence-corrected chi connectivity index (χ2v) is 4.25. The van der Waals surface area contributed by atoms with E-state index < -0.39 is 0 Å². The number of nitrogens with two attached hydrogens (primary N) is 1. The van der Waals surface area contributed by atoms with Gasteiger partial charge < -0.3 is 15.8 Å². The molecule has 18 heavy (non-hydrogen) atoms. The first-order valence-electron chi connectivity index (χ1n) is 6.29. The number of hydrogen-bond acceptors (Lipinski definition) is 3. The minimum absolute atomic E-state index is 0.0629. The summed E-state index contributed by atoms with van der Waals surface area (Å²) in [5, 5.41) is 2.90. The van der Waals surface area contributed by atoms with Crippen LogP contribution in [0.15, 0.2) is 24.3 Å². The van der Waals surface area contributed by atoms with E-state index in [1.54, 1.807) is 7.11 Å². The molecule has 0 spiro atoms. The van der Waals surface area contributed by atoms with Crippen molar-refractivity contribution in [3.05, 3.63) is 35.4 Å². The van der Waals surface area contributed by atoms with Gasteiger partial charge in [0.15, 0.2) is 0 Å². The number of nitrogens with one attached hydrogen (secondary N) is 1. The summed E-state index contributed by atoms with van der Waals surface area (Å²) in [5.41, 5.74) is 7.61. The van der Waals surface area contributed by atoms with Crippen LogP contribution in [0.5, 0.6) is 0 Å². The highest BCUT2D eigenvalue weighted by Gasteiger charge is 2.02. The summed E-state index contributed by atoms with van der Waals surface area (Å²) in [6.07, 6.45) is 2.35. The maximum absolute atomic E-state index is 11.6. The minimum Gasteiger partial charge on any atom is -0.385 e. The van der Waals surface area contributed by atoms with Crippen LogP contribution in [-0.4, -0.2) is 26.2 Å².